The Kier molecular flexibility index (Phi) is 4.10. The number of rotatable bonds is 4. The van der Waals surface area contributed by atoms with Crippen LogP contribution in [0.15, 0.2) is 30.3 Å². The second-order valence-electron chi connectivity index (χ2n) is 4.60. The van der Waals surface area contributed by atoms with Gasteiger partial charge in [0.25, 0.3) is 0 Å². The van der Waals surface area contributed by atoms with Crippen molar-refractivity contribution in [3.05, 3.63) is 35.9 Å². The number of carbonyl (C=O) groups is 2. The van der Waals surface area contributed by atoms with Gasteiger partial charge in [0.15, 0.2) is 5.78 Å². The molecule has 4 nitrogen and oxygen atoms in total. The first-order valence-corrected chi connectivity index (χ1v) is 6.24. The van der Waals surface area contributed by atoms with E-state index < -0.39 is 0 Å². The molecule has 0 aliphatic carbocycles. The number of ketones is 1. The molecule has 1 fully saturated rings. The van der Waals surface area contributed by atoms with E-state index >= 15 is 0 Å². The van der Waals surface area contributed by atoms with Crippen molar-refractivity contribution in [2.75, 3.05) is 19.6 Å². The Balaban J connectivity index is 2.12. The molecule has 0 radical (unpaired) electrons. The van der Waals surface area contributed by atoms with E-state index in [2.05, 4.69) is 5.32 Å². The fourth-order valence-corrected chi connectivity index (χ4v) is 2.30. The van der Waals surface area contributed by atoms with E-state index in [1.165, 1.54) is 0 Å². The molecule has 1 aliphatic rings. The van der Waals surface area contributed by atoms with Gasteiger partial charge < -0.3 is 10.2 Å². The van der Waals surface area contributed by atoms with Crippen LogP contribution in [0.1, 0.15) is 18.4 Å². The van der Waals surface area contributed by atoms with Gasteiger partial charge in [0, 0.05) is 25.6 Å². The summed E-state index contributed by atoms with van der Waals surface area (Å²) in [5.41, 5.74) is 0.999. The van der Waals surface area contributed by atoms with Crippen LogP contribution in [0.3, 0.4) is 0 Å². The van der Waals surface area contributed by atoms with Crippen LogP contribution in [0.4, 0.5) is 0 Å². The minimum absolute atomic E-state index is 0.0977. The van der Waals surface area contributed by atoms with Crippen LogP contribution in [0.25, 0.3) is 0 Å². The van der Waals surface area contributed by atoms with Crippen molar-refractivity contribution >= 4 is 12.2 Å². The van der Waals surface area contributed by atoms with Gasteiger partial charge in [-0.3, -0.25) is 9.59 Å². The molecule has 1 aromatic rings. The number of benzene rings is 1. The average molecular weight is 246 g/mol. The van der Waals surface area contributed by atoms with Crippen molar-refractivity contribution < 1.29 is 9.59 Å². The third-order valence-electron chi connectivity index (χ3n) is 3.47. The number of carbonyl (C=O) groups excluding carboxylic acids is 2. The molecular weight excluding hydrogens is 228 g/mol. The lowest BCUT2D eigenvalue weighted by Crippen LogP contribution is -2.55. The SMILES string of the molecule is CC(C(=O)C1CNCCN1C=O)c1ccccc1. The summed E-state index contributed by atoms with van der Waals surface area (Å²) in [6.07, 6.45) is 0.779. The Labute approximate surface area is 107 Å². The highest BCUT2D eigenvalue weighted by atomic mass is 16.1. The molecule has 1 heterocycles. The van der Waals surface area contributed by atoms with Gasteiger partial charge in [-0.15, -0.1) is 0 Å². The van der Waals surface area contributed by atoms with Crippen LogP contribution in [-0.4, -0.2) is 42.8 Å². The van der Waals surface area contributed by atoms with Gasteiger partial charge in [0.05, 0.1) is 0 Å². The Morgan fingerprint density at radius 1 is 1.44 bits per heavy atom. The summed E-state index contributed by atoms with van der Waals surface area (Å²) in [4.78, 5) is 25.0. The van der Waals surface area contributed by atoms with E-state index in [0.29, 0.717) is 13.1 Å². The van der Waals surface area contributed by atoms with E-state index in [0.717, 1.165) is 18.5 Å². The van der Waals surface area contributed by atoms with E-state index in [4.69, 9.17) is 0 Å². The van der Waals surface area contributed by atoms with Crippen LogP contribution < -0.4 is 5.32 Å². The molecule has 2 atom stereocenters. The third-order valence-corrected chi connectivity index (χ3v) is 3.47. The summed E-state index contributed by atoms with van der Waals surface area (Å²) in [7, 11) is 0. The minimum atomic E-state index is -0.341. The van der Waals surface area contributed by atoms with Gasteiger partial charge in [0.1, 0.15) is 6.04 Å². The molecule has 0 aromatic heterocycles. The van der Waals surface area contributed by atoms with Gasteiger partial charge >= 0.3 is 0 Å². The minimum Gasteiger partial charge on any atom is -0.333 e. The lowest BCUT2D eigenvalue weighted by molar-refractivity contribution is -0.133. The molecule has 0 bridgehead atoms. The molecule has 1 N–H and O–H groups in total. The fraction of sp³-hybridized carbons (Fsp3) is 0.429. The lowest BCUT2D eigenvalue weighted by Gasteiger charge is -2.33. The first-order chi connectivity index (χ1) is 8.74. The van der Waals surface area contributed by atoms with E-state index in [1.807, 2.05) is 37.3 Å². The number of nitrogens with zero attached hydrogens (tertiary/aromatic N) is 1. The van der Waals surface area contributed by atoms with Crippen LogP contribution >= 0.6 is 0 Å². The molecule has 1 amide bonds. The Morgan fingerprint density at radius 3 is 2.83 bits per heavy atom. The molecule has 18 heavy (non-hydrogen) atoms. The van der Waals surface area contributed by atoms with Gasteiger partial charge in [-0.25, -0.2) is 0 Å². The number of amides is 1. The highest BCUT2D eigenvalue weighted by molar-refractivity contribution is 5.91. The molecule has 2 rings (SSSR count). The Morgan fingerprint density at radius 2 is 2.17 bits per heavy atom. The lowest BCUT2D eigenvalue weighted by atomic mass is 9.91. The first kappa shape index (κ1) is 12.8. The number of hydrogen-bond donors (Lipinski definition) is 1. The van der Waals surface area contributed by atoms with Crippen LogP contribution in [0.5, 0.6) is 0 Å². The second-order valence-corrected chi connectivity index (χ2v) is 4.60. The van der Waals surface area contributed by atoms with Crippen molar-refractivity contribution in [2.24, 2.45) is 0 Å². The zero-order chi connectivity index (χ0) is 13.0. The molecule has 1 aliphatic heterocycles. The Hall–Kier alpha value is -1.68. The first-order valence-electron chi connectivity index (χ1n) is 6.24. The molecule has 96 valence electrons. The summed E-state index contributed by atoms with van der Waals surface area (Å²) >= 11 is 0. The molecule has 0 spiro atoms. The van der Waals surface area contributed by atoms with Crippen LogP contribution in [-0.2, 0) is 9.59 Å². The fourth-order valence-electron chi connectivity index (χ4n) is 2.30. The molecule has 1 aromatic carbocycles. The number of hydrogen-bond acceptors (Lipinski definition) is 3. The van der Waals surface area contributed by atoms with Gasteiger partial charge in [-0.2, -0.15) is 0 Å². The van der Waals surface area contributed by atoms with Crippen molar-refractivity contribution in [1.82, 2.24) is 10.2 Å². The topological polar surface area (TPSA) is 49.4 Å². The van der Waals surface area contributed by atoms with Crippen molar-refractivity contribution in [1.29, 1.82) is 0 Å². The number of piperazine rings is 1. The molecule has 4 heteroatoms. The maximum absolute atomic E-state index is 12.4. The van der Waals surface area contributed by atoms with E-state index in [9.17, 15) is 9.59 Å². The van der Waals surface area contributed by atoms with Crippen molar-refractivity contribution in [3.8, 4) is 0 Å². The number of Topliss-reactive ketones (excluding diaryl/α,β-unsaturated/α-hetero) is 1. The Bertz CT molecular complexity index is 419. The summed E-state index contributed by atoms with van der Waals surface area (Å²) in [5.74, 6) is -0.0842. The van der Waals surface area contributed by atoms with Crippen molar-refractivity contribution in [2.45, 2.75) is 18.9 Å². The average Bonchev–Trinajstić information content (AvgIpc) is 2.46. The molecule has 2 unspecified atom stereocenters. The predicted octanol–water partition coefficient (Wildman–Crippen LogP) is 0.789. The zero-order valence-corrected chi connectivity index (χ0v) is 10.5. The monoisotopic (exact) mass is 246 g/mol. The third kappa shape index (κ3) is 2.59. The predicted molar refractivity (Wildman–Crippen MR) is 69.3 cm³/mol. The van der Waals surface area contributed by atoms with Gasteiger partial charge in [0.2, 0.25) is 6.41 Å². The quantitative estimate of drug-likeness (QED) is 0.799. The zero-order valence-electron chi connectivity index (χ0n) is 10.5. The molecular formula is C14H18N2O2. The maximum Gasteiger partial charge on any atom is 0.210 e. The summed E-state index contributed by atoms with van der Waals surface area (Å²) < 4.78 is 0. The standard InChI is InChI=1S/C14H18N2O2/c1-11(12-5-3-2-4-6-12)14(18)13-9-15-7-8-16(13)10-17/h2-6,10-11,13,15H,7-9H2,1H3. The smallest absolute Gasteiger partial charge is 0.210 e. The van der Waals surface area contributed by atoms with Gasteiger partial charge in [-0.1, -0.05) is 37.3 Å². The van der Waals surface area contributed by atoms with Gasteiger partial charge in [-0.05, 0) is 5.56 Å². The van der Waals surface area contributed by atoms with E-state index in [1.54, 1.807) is 4.90 Å². The van der Waals surface area contributed by atoms with E-state index in [-0.39, 0.29) is 17.7 Å². The van der Waals surface area contributed by atoms with Crippen molar-refractivity contribution in [3.63, 3.8) is 0 Å². The highest BCUT2D eigenvalue weighted by Crippen LogP contribution is 2.19. The second kappa shape index (κ2) is 5.78. The molecule has 1 saturated heterocycles. The normalized spacial score (nSPS) is 21.4. The summed E-state index contributed by atoms with van der Waals surface area (Å²) in [5, 5.41) is 3.16. The summed E-state index contributed by atoms with van der Waals surface area (Å²) in [6, 6.07) is 9.34. The maximum atomic E-state index is 12.4. The highest BCUT2D eigenvalue weighted by Gasteiger charge is 2.31. The molecule has 0 saturated carbocycles. The number of nitrogens with one attached hydrogen (secondary N) is 1. The summed E-state index contributed by atoms with van der Waals surface area (Å²) in [6.45, 7) is 3.80. The largest absolute Gasteiger partial charge is 0.333 e. The van der Waals surface area contributed by atoms with Crippen LogP contribution in [0, 0.1) is 0 Å². The van der Waals surface area contributed by atoms with Crippen LogP contribution in [0.2, 0.25) is 0 Å².